The maximum Gasteiger partial charge on any atom is 0.527 e. The fourth-order valence-electron chi connectivity index (χ4n) is 9.73. The van der Waals surface area contributed by atoms with Crippen LogP contribution in [-0.4, -0.2) is 0 Å². The minimum atomic E-state index is -0.119. The summed E-state index contributed by atoms with van der Waals surface area (Å²) >= 11 is 0. The third-order valence-corrected chi connectivity index (χ3v) is 12.2. The lowest BCUT2D eigenvalue weighted by atomic mass is 9.83. The molecule has 0 saturated carbocycles. The van der Waals surface area contributed by atoms with Crippen LogP contribution in [0, 0.1) is 53.7 Å². The Labute approximate surface area is 365 Å². The average molecular weight is 799 g/mol. The van der Waals surface area contributed by atoms with Crippen molar-refractivity contribution < 1.29 is 0 Å². The molecule has 3 aliphatic carbocycles. The monoisotopic (exact) mass is 798 g/mol. The first-order valence-electron chi connectivity index (χ1n) is 20.3. The smallest absolute Gasteiger partial charge is 0.226 e. The standard InChI is InChI=1S/C57H30N6/c1-61-47(33-60)49-45-29-38(26-35-15-9-5-10-16-35)20-23-42(45)52-55(49)50-41-22-19-37(25-34-13-7-4-8-14-34)28-44(41)48(40(31-58)32-59)54(50)51-43-24-21-39(27-36-17-11-6-12-18-36)30-46(43)53(56(51)52)57(62-2)63-3/h4-24,28-30H,25-27H2/b49-47+. The second kappa shape index (κ2) is 15.4. The highest BCUT2D eigenvalue weighted by molar-refractivity contribution is 6.24. The van der Waals surface area contributed by atoms with Crippen molar-refractivity contribution in [1.29, 1.82) is 15.8 Å². The van der Waals surface area contributed by atoms with Gasteiger partial charge in [0.25, 0.3) is 5.70 Å². The zero-order valence-electron chi connectivity index (χ0n) is 33.7. The van der Waals surface area contributed by atoms with E-state index in [4.69, 9.17) is 19.7 Å². The normalized spacial score (nSPS) is 12.7. The Hall–Kier alpha value is -9.30. The molecule has 0 fully saturated rings. The van der Waals surface area contributed by atoms with Crippen molar-refractivity contribution in [1.82, 2.24) is 0 Å². The second-order valence-electron chi connectivity index (χ2n) is 15.7. The van der Waals surface area contributed by atoms with Crippen LogP contribution in [0.15, 0.2) is 163 Å². The molecule has 7 aromatic carbocycles. The van der Waals surface area contributed by atoms with Gasteiger partial charge >= 0.3 is 5.82 Å². The van der Waals surface area contributed by atoms with Crippen molar-refractivity contribution in [3.8, 4) is 51.6 Å². The van der Waals surface area contributed by atoms with Crippen molar-refractivity contribution >= 4 is 16.7 Å². The summed E-state index contributed by atoms with van der Waals surface area (Å²) in [5.74, 6) is -0.119. The van der Waals surface area contributed by atoms with Crippen molar-refractivity contribution in [3.63, 3.8) is 0 Å². The quantitative estimate of drug-likeness (QED) is 0.124. The van der Waals surface area contributed by atoms with Crippen LogP contribution in [0.1, 0.15) is 66.8 Å². The first-order valence-corrected chi connectivity index (χ1v) is 20.3. The summed E-state index contributed by atoms with van der Waals surface area (Å²) < 4.78 is 0. The molecule has 10 rings (SSSR count). The number of nitrogens with zero attached hydrogens (tertiary/aromatic N) is 6. The number of nitriles is 3. The van der Waals surface area contributed by atoms with Crippen LogP contribution in [0.4, 0.5) is 0 Å². The van der Waals surface area contributed by atoms with E-state index in [0.717, 1.165) is 50.1 Å². The van der Waals surface area contributed by atoms with Gasteiger partial charge in [-0.3, -0.25) is 0 Å². The van der Waals surface area contributed by atoms with Gasteiger partial charge in [-0.05, 0) is 114 Å². The number of fused-ring (bicyclic) bond motifs is 12. The van der Waals surface area contributed by atoms with Gasteiger partial charge in [-0.2, -0.15) is 20.2 Å². The van der Waals surface area contributed by atoms with Crippen LogP contribution >= 0.6 is 0 Å². The summed E-state index contributed by atoms with van der Waals surface area (Å²) in [5, 5.41) is 32.3. The third-order valence-electron chi connectivity index (χ3n) is 12.2. The molecule has 0 amide bonds. The van der Waals surface area contributed by atoms with E-state index in [0.29, 0.717) is 86.1 Å². The van der Waals surface area contributed by atoms with Gasteiger partial charge in [-0.1, -0.05) is 146 Å². The zero-order valence-corrected chi connectivity index (χ0v) is 33.7. The molecule has 0 aliphatic heterocycles. The van der Waals surface area contributed by atoms with Crippen molar-refractivity contribution in [2.75, 3.05) is 0 Å². The molecule has 6 heteroatoms. The first kappa shape index (κ1) is 37.9. The van der Waals surface area contributed by atoms with E-state index >= 15 is 0 Å². The van der Waals surface area contributed by atoms with Crippen LogP contribution in [-0.2, 0) is 19.3 Å². The molecule has 6 nitrogen and oxygen atoms in total. The zero-order chi connectivity index (χ0) is 43.2. The molecule has 0 aromatic heterocycles. The fraction of sp³-hybridized carbons (Fsp3) is 0.0526. The van der Waals surface area contributed by atoms with E-state index in [2.05, 4.69) is 99.5 Å². The average Bonchev–Trinajstić information content (AvgIpc) is 3.94. The molecule has 0 bridgehead atoms. The Bertz CT molecular complexity index is 3070. The number of hydrogen-bond donors (Lipinski definition) is 0. The molecule has 0 spiro atoms. The SMILES string of the molecule is [C-]#[N+]C([N+]#[C-])=C1c2cc(Cc3ccccc3)ccc2-c2c3c(c4c(c21)-c1ccc(Cc2ccccc2)cc1/C4=C(/C#N)[N+]#[C-])-c1ccc(Cc2ccccc2)cc1C3=C(C#N)C#N. The molecule has 288 valence electrons. The molecule has 0 unspecified atom stereocenters. The van der Waals surface area contributed by atoms with Crippen LogP contribution in [0.2, 0.25) is 0 Å². The van der Waals surface area contributed by atoms with Gasteiger partial charge in [0.05, 0.1) is 18.2 Å². The van der Waals surface area contributed by atoms with Crippen LogP contribution in [0.3, 0.4) is 0 Å². The Balaban J connectivity index is 1.36. The summed E-state index contributed by atoms with van der Waals surface area (Å²) in [5.41, 5.74) is 15.9. The summed E-state index contributed by atoms with van der Waals surface area (Å²) in [7, 11) is 0. The molecule has 0 heterocycles. The maximum absolute atomic E-state index is 10.8. The van der Waals surface area contributed by atoms with Crippen LogP contribution < -0.4 is 0 Å². The molecule has 3 aliphatic rings. The highest BCUT2D eigenvalue weighted by atomic mass is 14.9. The Morgan fingerprint density at radius 3 is 1.10 bits per heavy atom. The van der Waals surface area contributed by atoms with Gasteiger partial charge in [0.15, 0.2) is 0 Å². The van der Waals surface area contributed by atoms with Crippen molar-refractivity contribution in [2.45, 2.75) is 19.3 Å². The minimum absolute atomic E-state index is 0.0823. The maximum atomic E-state index is 10.8. The second-order valence-corrected chi connectivity index (χ2v) is 15.7. The van der Waals surface area contributed by atoms with Gasteiger partial charge in [-0.15, -0.1) is 0 Å². The van der Waals surface area contributed by atoms with E-state index in [-0.39, 0.29) is 17.1 Å². The van der Waals surface area contributed by atoms with Gasteiger partial charge < -0.3 is 0 Å². The number of allylic oxidation sites excluding steroid dienone is 2. The molecule has 0 N–H and O–H groups in total. The van der Waals surface area contributed by atoms with E-state index in [1.807, 2.05) is 78.9 Å². The summed E-state index contributed by atoms with van der Waals surface area (Å²) in [6, 6.07) is 55.4. The highest BCUT2D eigenvalue weighted by Crippen LogP contribution is 2.65. The number of benzene rings is 7. The van der Waals surface area contributed by atoms with E-state index in [9.17, 15) is 15.8 Å². The van der Waals surface area contributed by atoms with E-state index < -0.39 is 0 Å². The lowest BCUT2D eigenvalue weighted by Crippen LogP contribution is -1.99. The Kier molecular flexibility index (Phi) is 9.26. The Morgan fingerprint density at radius 2 is 0.730 bits per heavy atom. The molecule has 0 radical (unpaired) electrons. The van der Waals surface area contributed by atoms with Crippen molar-refractivity contribution in [2.24, 2.45) is 0 Å². The Morgan fingerprint density at radius 1 is 0.365 bits per heavy atom. The highest BCUT2D eigenvalue weighted by Gasteiger charge is 2.46. The number of hydrogen-bond acceptors (Lipinski definition) is 3. The van der Waals surface area contributed by atoms with E-state index in [1.54, 1.807) is 0 Å². The van der Waals surface area contributed by atoms with Gasteiger partial charge in [0.1, 0.15) is 30.9 Å². The van der Waals surface area contributed by atoms with Gasteiger partial charge in [0.2, 0.25) is 0 Å². The molecular weight excluding hydrogens is 769 g/mol. The molecule has 0 saturated heterocycles. The minimum Gasteiger partial charge on any atom is -0.226 e. The lowest BCUT2D eigenvalue weighted by Gasteiger charge is -2.18. The van der Waals surface area contributed by atoms with Crippen molar-refractivity contribution in [3.05, 3.63) is 264 Å². The predicted molar refractivity (Wildman–Crippen MR) is 245 cm³/mol. The van der Waals surface area contributed by atoms with Gasteiger partial charge in [-0.25, -0.2) is 10.1 Å². The topological polar surface area (TPSA) is 84.4 Å². The molecule has 0 atom stereocenters. The predicted octanol–water partition coefficient (Wildman–Crippen LogP) is 13.0. The number of rotatable bonds is 6. The van der Waals surface area contributed by atoms with Gasteiger partial charge in [0, 0.05) is 16.7 Å². The first-order chi connectivity index (χ1) is 31.0. The summed E-state index contributed by atoms with van der Waals surface area (Å²) in [4.78, 5) is 11.5. The molecule has 7 aromatic rings. The van der Waals surface area contributed by atoms with Crippen LogP contribution in [0.25, 0.3) is 64.6 Å². The van der Waals surface area contributed by atoms with E-state index in [1.165, 1.54) is 0 Å². The molecular formula is C57H30N6. The largest absolute Gasteiger partial charge is 0.527 e. The fourth-order valence-corrected chi connectivity index (χ4v) is 9.73. The van der Waals surface area contributed by atoms with Crippen LogP contribution in [0.5, 0.6) is 0 Å². The summed E-state index contributed by atoms with van der Waals surface area (Å²) in [6.45, 7) is 25.2. The third kappa shape index (κ3) is 6.04. The summed E-state index contributed by atoms with van der Waals surface area (Å²) in [6.07, 6.45) is 1.84. The lowest BCUT2D eigenvalue weighted by molar-refractivity contribution is 1.19. The molecule has 63 heavy (non-hydrogen) atoms.